The third kappa shape index (κ3) is 2.98. The van der Waals surface area contributed by atoms with Gasteiger partial charge < -0.3 is 15.6 Å². The Morgan fingerprint density at radius 2 is 2.40 bits per heavy atom. The third-order valence-corrected chi connectivity index (χ3v) is 1.83. The fraction of sp³-hybridized carbons (Fsp3) is 0.500. The minimum Gasteiger partial charge on any atom is -0.343 e. The number of nitrogens with two attached hydrogens (primary N) is 1. The molecular weight excluding hydrogens is 206 g/mol. The predicted molar refractivity (Wildman–Crippen MR) is 49.5 cm³/mol. The highest BCUT2D eigenvalue weighted by Gasteiger charge is 2.27. The Bertz CT molecular complexity index is 350. The Labute approximate surface area is 85.3 Å². The molecule has 84 valence electrons. The molecule has 15 heavy (non-hydrogen) atoms. The van der Waals surface area contributed by atoms with Crippen molar-refractivity contribution in [2.24, 2.45) is 12.8 Å². The van der Waals surface area contributed by atoms with E-state index in [4.69, 9.17) is 5.73 Å². The number of rotatable bonds is 4. The van der Waals surface area contributed by atoms with Crippen LogP contribution in [0.2, 0.25) is 0 Å². The van der Waals surface area contributed by atoms with Crippen molar-refractivity contribution in [3.05, 3.63) is 18.2 Å². The van der Waals surface area contributed by atoms with Crippen LogP contribution in [0.25, 0.3) is 0 Å². The summed E-state index contributed by atoms with van der Waals surface area (Å²) in [4.78, 5) is 15.0. The maximum Gasteiger partial charge on any atom is 0.287 e. The van der Waals surface area contributed by atoms with Crippen molar-refractivity contribution in [2.45, 2.75) is 5.92 Å². The molecule has 1 heterocycles. The smallest absolute Gasteiger partial charge is 0.287 e. The minimum absolute atomic E-state index is 0.0859. The van der Waals surface area contributed by atoms with E-state index in [2.05, 4.69) is 10.3 Å². The van der Waals surface area contributed by atoms with Gasteiger partial charge in [-0.25, -0.2) is 13.8 Å². The topological polar surface area (TPSA) is 72.9 Å². The number of hydrogen-bond acceptors (Lipinski definition) is 3. The van der Waals surface area contributed by atoms with Gasteiger partial charge in [-0.2, -0.15) is 0 Å². The van der Waals surface area contributed by atoms with Crippen molar-refractivity contribution >= 4 is 5.91 Å². The summed E-state index contributed by atoms with van der Waals surface area (Å²) in [5.41, 5.74) is 4.82. The maximum absolute atomic E-state index is 12.7. The number of nitrogens with one attached hydrogen (secondary N) is 1. The SMILES string of the molecule is Cn1ccnc1C(=O)NCC(F)(F)CN. The van der Waals surface area contributed by atoms with Gasteiger partial charge in [-0.05, 0) is 0 Å². The van der Waals surface area contributed by atoms with Gasteiger partial charge in [0, 0.05) is 19.4 Å². The molecule has 0 aromatic carbocycles. The molecule has 1 aromatic heterocycles. The summed E-state index contributed by atoms with van der Waals surface area (Å²) in [6.45, 7) is -1.58. The largest absolute Gasteiger partial charge is 0.343 e. The van der Waals surface area contributed by atoms with E-state index in [-0.39, 0.29) is 5.82 Å². The molecule has 0 aliphatic rings. The van der Waals surface area contributed by atoms with Gasteiger partial charge in [-0.15, -0.1) is 0 Å². The Morgan fingerprint density at radius 1 is 1.73 bits per heavy atom. The lowest BCUT2D eigenvalue weighted by Gasteiger charge is -2.14. The molecule has 3 N–H and O–H groups in total. The van der Waals surface area contributed by atoms with Crippen LogP contribution in [0.5, 0.6) is 0 Å². The average molecular weight is 218 g/mol. The first kappa shape index (κ1) is 11.6. The van der Waals surface area contributed by atoms with Gasteiger partial charge in [0.05, 0.1) is 13.1 Å². The molecule has 0 fully saturated rings. The van der Waals surface area contributed by atoms with Gasteiger partial charge in [-0.1, -0.05) is 0 Å². The van der Waals surface area contributed by atoms with Crippen LogP contribution in [-0.4, -0.2) is 34.5 Å². The number of carbonyl (C=O) groups is 1. The van der Waals surface area contributed by atoms with E-state index in [9.17, 15) is 13.6 Å². The van der Waals surface area contributed by atoms with Crippen molar-refractivity contribution < 1.29 is 13.6 Å². The fourth-order valence-corrected chi connectivity index (χ4v) is 0.945. The Balaban J connectivity index is 2.55. The van der Waals surface area contributed by atoms with Gasteiger partial charge in [0.25, 0.3) is 11.8 Å². The number of alkyl halides is 2. The third-order valence-electron chi connectivity index (χ3n) is 1.83. The molecule has 0 aliphatic heterocycles. The molecule has 1 aromatic rings. The summed E-state index contributed by atoms with van der Waals surface area (Å²) < 4.78 is 26.8. The summed E-state index contributed by atoms with van der Waals surface area (Å²) in [5, 5.41) is 2.06. The Hall–Kier alpha value is -1.50. The quantitative estimate of drug-likeness (QED) is 0.731. The second-order valence-corrected chi connectivity index (χ2v) is 3.10. The number of aromatic nitrogens is 2. The van der Waals surface area contributed by atoms with Crippen LogP contribution < -0.4 is 11.1 Å². The van der Waals surface area contributed by atoms with Crippen molar-refractivity contribution in [2.75, 3.05) is 13.1 Å². The van der Waals surface area contributed by atoms with Crippen molar-refractivity contribution in [3.63, 3.8) is 0 Å². The zero-order valence-corrected chi connectivity index (χ0v) is 8.20. The van der Waals surface area contributed by atoms with E-state index in [0.717, 1.165) is 0 Å². The highest BCUT2D eigenvalue weighted by atomic mass is 19.3. The molecular formula is C8H12F2N4O. The zero-order chi connectivity index (χ0) is 11.5. The van der Waals surface area contributed by atoms with Crippen LogP contribution >= 0.6 is 0 Å². The summed E-state index contributed by atoms with van der Waals surface area (Å²) in [6, 6.07) is 0. The summed E-state index contributed by atoms with van der Waals surface area (Å²) in [7, 11) is 1.60. The van der Waals surface area contributed by atoms with Crippen LogP contribution in [0.3, 0.4) is 0 Å². The minimum atomic E-state index is -3.08. The van der Waals surface area contributed by atoms with Crippen LogP contribution in [0.1, 0.15) is 10.6 Å². The van der Waals surface area contributed by atoms with Crippen LogP contribution in [0.15, 0.2) is 12.4 Å². The normalized spacial score (nSPS) is 11.5. The van der Waals surface area contributed by atoms with E-state index in [1.165, 1.54) is 10.8 Å². The number of halogens is 2. The highest BCUT2D eigenvalue weighted by molar-refractivity contribution is 5.90. The Morgan fingerprint density at radius 3 is 2.87 bits per heavy atom. The lowest BCUT2D eigenvalue weighted by molar-refractivity contribution is 0.0117. The zero-order valence-electron chi connectivity index (χ0n) is 8.20. The molecule has 7 heteroatoms. The number of nitrogens with zero attached hydrogens (tertiary/aromatic N) is 2. The Kier molecular flexibility index (Phi) is 3.35. The van der Waals surface area contributed by atoms with Gasteiger partial charge in [0.15, 0.2) is 5.82 Å². The molecule has 5 nitrogen and oxygen atoms in total. The summed E-state index contributed by atoms with van der Waals surface area (Å²) >= 11 is 0. The highest BCUT2D eigenvalue weighted by Crippen LogP contribution is 2.08. The number of aryl methyl sites for hydroxylation is 1. The molecule has 0 unspecified atom stereocenters. The van der Waals surface area contributed by atoms with Gasteiger partial charge in [0.2, 0.25) is 0 Å². The van der Waals surface area contributed by atoms with E-state index in [1.807, 2.05) is 0 Å². The fourth-order valence-electron chi connectivity index (χ4n) is 0.945. The monoisotopic (exact) mass is 218 g/mol. The van der Waals surface area contributed by atoms with E-state index in [0.29, 0.717) is 0 Å². The lowest BCUT2D eigenvalue weighted by atomic mass is 10.3. The van der Waals surface area contributed by atoms with E-state index >= 15 is 0 Å². The average Bonchev–Trinajstić information content (AvgIpc) is 2.61. The lowest BCUT2D eigenvalue weighted by Crippen LogP contribution is -2.42. The predicted octanol–water partition coefficient (Wildman–Crippen LogP) is -0.256. The number of carbonyl (C=O) groups excluding carboxylic acids is 1. The first-order valence-corrected chi connectivity index (χ1v) is 4.30. The van der Waals surface area contributed by atoms with Gasteiger partial charge in [-0.3, -0.25) is 4.79 Å². The van der Waals surface area contributed by atoms with Crippen LogP contribution in [0, 0.1) is 0 Å². The molecule has 0 aliphatic carbocycles. The first-order chi connectivity index (χ1) is 6.96. The van der Waals surface area contributed by atoms with Crippen LogP contribution in [0.4, 0.5) is 8.78 Å². The molecule has 0 bridgehead atoms. The molecule has 0 spiro atoms. The number of imidazole rings is 1. The van der Waals surface area contributed by atoms with Gasteiger partial charge in [0.1, 0.15) is 0 Å². The molecule has 0 saturated carbocycles. The first-order valence-electron chi connectivity index (χ1n) is 4.30. The summed E-state index contributed by atoms with van der Waals surface area (Å²) in [5.74, 6) is -3.64. The second-order valence-electron chi connectivity index (χ2n) is 3.10. The molecule has 1 rings (SSSR count). The maximum atomic E-state index is 12.7. The molecule has 0 radical (unpaired) electrons. The molecule has 0 atom stereocenters. The van der Waals surface area contributed by atoms with Crippen molar-refractivity contribution in [1.82, 2.24) is 14.9 Å². The van der Waals surface area contributed by atoms with Crippen molar-refractivity contribution in [1.29, 1.82) is 0 Å². The van der Waals surface area contributed by atoms with E-state index < -0.39 is 24.9 Å². The summed E-state index contributed by atoms with van der Waals surface area (Å²) in [6.07, 6.45) is 2.96. The number of hydrogen-bond donors (Lipinski definition) is 2. The molecule has 0 saturated heterocycles. The standard InChI is InChI=1S/C8H12F2N4O/c1-14-3-2-12-6(14)7(15)13-5-8(9,10)4-11/h2-3H,4-5,11H2,1H3,(H,13,15). The number of amides is 1. The van der Waals surface area contributed by atoms with Crippen molar-refractivity contribution in [3.8, 4) is 0 Å². The van der Waals surface area contributed by atoms with E-state index in [1.54, 1.807) is 13.2 Å². The molecule has 1 amide bonds. The van der Waals surface area contributed by atoms with Crippen LogP contribution in [-0.2, 0) is 7.05 Å². The second kappa shape index (κ2) is 4.35. The van der Waals surface area contributed by atoms with Gasteiger partial charge >= 0.3 is 0 Å².